The molecule has 28 heavy (non-hydrogen) atoms. The molecule has 2 aliphatic heterocycles. The Bertz CT molecular complexity index is 968. The molecule has 0 aliphatic carbocycles. The predicted octanol–water partition coefficient (Wildman–Crippen LogP) is 2.95. The monoisotopic (exact) mass is 408 g/mol. The number of rotatable bonds is 2. The van der Waals surface area contributed by atoms with Crippen molar-refractivity contribution in [1.29, 1.82) is 0 Å². The van der Waals surface area contributed by atoms with E-state index in [0.717, 1.165) is 0 Å². The molecule has 1 atom stereocenters. The molecule has 0 saturated heterocycles. The van der Waals surface area contributed by atoms with E-state index in [1.165, 1.54) is 30.5 Å². The van der Waals surface area contributed by atoms with Gasteiger partial charge in [-0.05, 0) is 30.3 Å². The molecule has 0 radical (unpaired) electrons. The van der Waals surface area contributed by atoms with Crippen molar-refractivity contribution in [3.8, 4) is 5.75 Å². The minimum Gasteiger partial charge on any atom is -0.493 e. The molecule has 1 spiro atoms. The summed E-state index contributed by atoms with van der Waals surface area (Å²) in [6.45, 7) is -0.827. The zero-order chi connectivity index (χ0) is 19.9. The third kappa shape index (κ3) is 3.01. The summed E-state index contributed by atoms with van der Waals surface area (Å²) in [5.41, 5.74) is 4.24. The molecular weight excluding hydrogens is 394 g/mol. The molecule has 0 bridgehead atoms. The summed E-state index contributed by atoms with van der Waals surface area (Å²) < 4.78 is 39.9. The van der Waals surface area contributed by atoms with Gasteiger partial charge < -0.3 is 20.5 Å². The molecule has 146 valence electrons. The van der Waals surface area contributed by atoms with Crippen LogP contribution >= 0.6 is 11.6 Å². The lowest BCUT2D eigenvalue weighted by Crippen LogP contribution is -2.54. The highest BCUT2D eigenvalue weighted by molar-refractivity contribution is 6.30. The smallest absolute Gasteiger partial charge is 0.310 e. The minimum absolute atomic E-state index is 0.0553. The van der Waals surface area contributed by atoms with Crippen LogP contribution in [0.5, 0.6) is 5.75 Å². The first-order valence-electron chi connectivity index (χ1n) is 8.37. The highest BCUT2D eigenvalue weighted by atomic mass is 35.5. The summed E-state index contributed by atoms with van der Waals surface area (Å²) in [6, 6.07) is 7.16. The number of nitrogens with two attached hydrogens (primary N) is 1. The van der Waals surface area contributed by atoms with Crippen LogP contribution in [0.25, 0.3) is 0 Å². The van der Waals surface area contributed by atoms with Crippen LogP contribution in [-0.2, 0) is 10.3 Å². The van der Waals surface area contributed by atoms with Crippen LogP contribution in [0.1, 0.15) is 22.5 Å². The van der Waals surface area contributed by atoms with Gasteiger partial charge in [0.05, 0.1) is 11.6 Å². The van der Waals surface area contributed by atoms with Crippen LogP contribution in [0.3, 0.4) is 0 Å². The fraction of sp³-hybridized carbons (Fsp3) is 0.278. The number of pyridine rings is 1. The molecule has 0 fully saturated rings. The van der Waals surface area contributed by atoms with Gasteiger partial charge in [0.1, 0.15) is 11.4 Å². The van der Waals surface area contributed by atoms with Crippen molar-refractivity contribution in [2.24, 2.45) is 10.7 Å². The van der Waals surface area contributed by atoms with Crippen molar-refractivity contribution in [2.45, 2.75) is 17.9 Å². The lowest BCUT2D eigenvalue weighted by molar-refractivity contribution is -0.132. The molecule has 2 aliphatic rings. The zero-order valence-electron chi connectivity index (χ0n) is 14.4. The molecule has 3 N–H and O–H groups in total. The number of nitrogens with zero attached hydrogens (tertiary/aromatic N) is 2. The van der Waals surface area contributed by atoms with Crippen LogP contribution in [0.4, 0.5) is 14.5 Å². The predicted molar refractivity (Wildman–Crippen MR) is 98.0 cm³/mol. The summed E-state index contributed by atoms with van der Waals surface area (Å²) in [5, 5.41) is 3.02. The summed E-state index contributed by atoms with van der Waals surface area (Å²) in [5.74, 6) is -3.55. The maximum absolute atomic E-state index is 14.8. The molecule has 0 saturated carbocycles. The average Bonchev–Trinajstić information content (AvgIpc) is 2.66. The van der Waals surface area contributed by atoms with E-state index in [0.29, 0.717) is 10.7 Å². The highest BCUT2D eigenvalue weighted by Crippen LogP contribution is 2.51. The van der Waals surface area contributed by atoms with Gasteiger partial charge in [-0.3, -0.25) is 4.79 Å². The number of fused-ring (bicyclic) bond motifs is 2. The highest BCUT2D eigenvalue weighted by Gasteiger charge is 2.60. The Morgan fingerprint density at radius 3 is 2.82 bits per heavy atom. The summed E-state index contributed by atoms with van der Waals surface area (Å²) in [6.07, 6.45) is 1.26. The second-order valence-electron chi connectivity index (χ2n) is 6.43. The SMILES string of the molecule is NC1=N[C@@]2(CCOc3ccc(NC(=O)c4ccc(Cl)cn4)cc32)C(F)(F)CO1. The maximum atomic E-state index is 14.8. The number of halogens is 3. The van der Waals surface area contributed by atoms with Crippen molar-refractivity contribution < 1.29 is 23.0 Å². The van der Waals surface area contributed by atoms with Gasteiger partial charge in [-0.2, -0.15) is 8.78 Å². The molecule has 0 unspecified atom stereocenters. The number of alkyl halides is 2. The topological polar surface area (TPSA) is 98.8 Å². The Balaban J connectivity index is 1.71. The van der Waals surface area contributed by atoms with Crippen LogP contribution < -0.4 is 15.8 Å². The third-order valence-electron chi connectivity index (χ3n) is 4.67. The fourth-order valence-corrected chi connectivity index (χ4v) is 3.40. The number of amides is 1. The van der Waals surface area contributed by atoms with Gasteiger partial charge in [0.15, 0.2) is 12.1 Å². The molecular formula is C18H15ClF2N4O3. The van der Waals surface area contributed by atoms with E-state index in [9.17, 15) is 13.6 Å². The number of amidine groups is 1. The molecule has 1 amide bonds. The van der Waals surface area contributed by atoms with Gasteiger partial charge in [-0.1, -0.05) is 11.6 Å². The molecule has 3 heterocycles. The Morgan fingerprint density at radius 2 is 2.07 bits per heavy atom. The lowest BCUT2D eigenvalue weighted by atomic mass is 9.79. The Kier molecular flexibility index (Phi) is 4.34. The van der Waals surface area contributed by atoms with Crippen molar-refractivity contribution in [3.63, 3.8) is 0 Å². The van der Waals surface area contributed by atoms with Gasteiger partial charge >= 0.3 is 5.92 Å². The van der Waals surface area contributed by atoms with Crippen LogP contribution in [0.15, 0.2) is 41.5 Å². The number of benzene rings is 1. The van der Waals surface area contributed by atoms with E-state index in [4.69, 9.17) is 26.8 Å². The number of carbonyl (C=O) groups excluding carboxylic acids is 1. The number of hydrogen-bond acceptors (Lipinski definition) is 6. The minimum atomic E-state index is -3.30. The molecule has 2 aromatic rings. The van der Waals surface area contributed by atoms with E-state index in [2.05, 4.69) is 15.3 Å². The molecule has 10 heteroatoms. The van der Waals surface area contributed by atoms with Crippen LogP contribution in [0, 0.1) is 0 Å². The Hall–Kier alpha value is -2.94. The number of hydrogen-bond donors (Lipinski definition) is 2. The average molecular weight is 409 g/mol. The molecule has 1 aromatic heterocycles. The standard InChI is InChI=1S/C18H15ClF2N4O3/c19-10-1-3-13(23-8-10)15(26)24-11-2-4-14-12(7-11)17(5-6-27-14)18(20,21)9-28-16(22)25-17/h1-4,7-8H,5-6,9H2,(H2,22,25)(H,24,26)/t17-/m1/s1. The first kappa shape index (κ1) is 18.4. The van der Waals surface area contributed by atoms with Crippen LogP contribution in [0.2, 0.25) is 5.02 Å². The first-order valence-corrected chi connectivity index (χ1v) is 8.75. The maximum Gasteiger partial charge on any atom is 0.310 e. The Labute approximate surface area is 163 Å². The van der Waals surface area contributed by atoms with E-state index in [-0.39, 0.29) is 36.1 Å². The molecule has 7 nitrogen and oxygen atoms in total. The normalized spacial score (nSPS) is 22.5. The second-order valence-corrected chi connectivity index (χ2v) is 6.87. The van der Waals surface area contributed by atoms with E-state index < -0.39 is 24.0 Å². The van der Waals surface area contributed by atoms with Gasteiger partial charge in [0, 0.05) is 23.9 Å². The lowest BCUT2D eigenvalue weighted by Gasteiger charge is -2.43. The van der Waals surface area contributed by atoms with Crippen molar-refractivity contribution in [1.82, 2.24) is 4.98 Å². The van der Waals surface area contributed by atoms with Gasteiger partial charge in [-0.25, -0.2) is 9.98 Å². The summed E-state index contributed by atoms with van der Waals surface area (Å²) in [4.78, 5) is 20.3. The summed E-state index contributed by atoms with van der Waals surface area (Å²) >= 11 is 5.77. The van der Waals surface area contributed by atoms with E-state index in [1.807, 2.05) is 0 Å². The zero-order valence-corrected chi connectivity index (χ0v) is 15.2. The fourth-order valence-electron chi connectivity index (χ4n) is 3.29. The number of aromatic nitrogens is 1. The third-order valence-corrected chi connectivity index (χ3v) is 4.90. The van der Waals surface area contributed by atoms with Gasteiger partial charge in [-0.15, -0.1) is 0 Å². The Morgan fingerprint density at radius 1 is 1.25 bits per heavy atom. The number of anilines is 1. The van der Waals surface area contributed by atoms with Gasteiger partial charge in [0.25, 0.3) is 11.9 Å². The van der Waals surface area contributed by atoms with E-state index in [1.54, 1.807) is 6.07 Å². The second kappa shape index (κ2) is 6.59. The molecule has 1 aromatic carbocycles. The van der Waals surface area contributed by atoms with Crippen molar-refractivity contribution in [2.75, 3.05) is 18.5 Å². The van der Waals surface area contributed by atoms with Crippen molar-refractivity contribution >= 4 is 29.2 Å². The summed E-state index contributed by atoms with van der Waals surface area (Å²) in [7, 11) is 0. The first-order chi connectivity index (χ1) is 13.3. The number of carbonyl (C=O) groups is 1. The van der Waals surface area contributed by atoms with Crippen molar-refractivity contribution in [3.05, 3.63) is 52.8 Å². The number of ether oxygens (including phenoxy) is 2. The van der Waals surface area contributed by atoms with Crippen LogP contribution in [-0.4, -0.2) is 36.0 Å². The quantitative estimate of drug-likeness (QED) is 0.796. The van der Waals surface area contributed by atoms with E-state index >= 15 is 0 Å². The number of nitrogens with one attached hydrogen (secondary N) is 1. The van der Waals surface area contributed by atoms with Gasteiger partial charge in [0.2, 0.25) is 0 Å². The number of aliphatic imine (C=N–C) groups is 1. The molecule has 4 rings (SSSR count). The largest absolute Gasteiger partial charge is 0.493 e.